The van der Waals surface area contributed by atoms with Gasteiger partial charge in [0.25, 0.3) is 0 Å². The second kappa shape index (κ2) is 10.7. The van der Waals surface area contributed by atoms with E-state index in [0.29, 0.717) is 6.04 Å². The molecule has 0 aromatic carbocycles. The molecule has 5 heteroatoms. The summed E-state index contributed by atoms with van der Waals surface area (Å²) in [5.74, 6) is 1.73. The molecule has 0 aromatic heterocycles. The van der Waals surface area contributed by atoms with Crippen LogP contribution in [-0.2, 0) is 0 Å². The van der Waals surface area contributed by atoms with Crippen molar-refractivity contribution >= 4 is 29.9 Å². The van der Waals surface area contributed by atoms with E-state index < -0.39 is 0 Å². The first kappa shape index (κ1) is 20.0. The Morgan fingerprint density at radius 2 is 1.95 bits per heavy atom. The quantitative estimate of drug-likeness (QED) is 0.392. The fourth-order valence-corrected chi connectivity index (χ4v) is 3.45. The molecule has 0 spiro atoms. The van der Waals surface area contributed by atoms with Gasteiger partial charge < -0.3 is 10.6 Å². The van der Waals surface area contributed by atoms with Crippen molar-refractivity contribution in [3.63, 3.8) is 0 Å². The molecule has 0 radical (unpaired) electrons. The van der Waals surface area contributed by atoms with Crippen LogP contribution in [0.25, 0.3) is 0 Å². The molecule has 0 amide bonds. The maximum atomic E-state index is 4.72. The highest BCUT2D eigenvalue weighted by Gasteiger charge is 2.30. The third kappa shape index (κ3) is 6.60. The van der Waals surface area contributed by atoms with E-state index in [1.165, 1.54) is 45.2 Å². The molecule has 2 N–H and O–H groups in total. The number of hydrogen-bond acceptors (Lipinski definition) is 2. The Kier molecular flexibility index (Phi) is 9.71. The van der Waals surface area contributed by atoms with Gasteiger partial charge in [-0.05, 0) is 38.5 Å². The van der Waals surface area contributed by atoms with Gasteiger partial charge in [-0.15, -0.1) is 24.0 Å². The van der Waals surface area contributed by atoms with Crippen molar-refractivity contribution in [2.24, 2.45) is 10.9 Å². The summed E-state index contributed by atoms with van der Waals surface area (Å²) in [6.45, 7) is 11.0. The lowest BCUT2D eigenvalue weighted by molar-refractivity contribution is 0.242. The first-order valence-corrected chi connectivity index (χ1v) is 8.98. The summed E-state index contributed by atoms with van der Waals surface area (Å²) in [5.41, 5.74) is 0. The van der Waals surface area contributed by atoms with Gasteiger partial charge in [-0.1, -0.05) is 26.7 Å². The minimum atomic E-state index is 0. The van der Waals surface area contributed by atoms with Crippen molar-refractivity contribution in [3.8, 4) is 0 Å². The number of hydrogen-bond donors (Lipinski definition) is 2. The number of nitrogens with one attached hydrogen (secondary N) is 2. The SMILES string of the molecule is CCNC(=NCCC(C)C)NC1CCN(C2CCCC2)C1.I. The van der Waals surface area contributed by atoms with Gasteiger partial charge in [0, 0.05) is 38.3 Å². The summed E-state index contributed by atoms with van der Waals surface area (Å²) in [5, 5.41) is 7.03. The van der Waals surface area contributed by atoms with Gasteiger partial charge in [0.1, 0.15) is 0 Å². The summed E-state index contributed by atoms with van der Waals surface area (Å²) in [6.07, 6.45) is 8.10. The third-order valence-corrected chi connectivity index (χ3v) is 4.72. The van der Waals surface area contributed by atoms with E-state index in [1.807, 2.05) is 0 Å². The number of halogens is 1. The number of aliphatic imine (C=N–C) groups is 1. The van der Waals surface area contributed by atoms with Gasteiger partial charge in [-0.2, -0.15) is 0 Å². The van der Waals surface area contributed by atoms with Gasteiger partial charge in [-0.3, -0.25) is 9.89 Å². The Morgan fingerprint density at radius 3 is 2.59 bits per heavy atom. The van der Waals surface area contributed by atoms with E-state index in [0.717, 1.165) is 37.4 Å². The molecular formula is C17H35IN4. The Morgan fingerprint density at radius 1 is 1.23 bits per heavy atom. The summed E-state index contributed by atoms with van der Waals surface area (Å²) >= 11 is 0. The lowest BCUT2D eigenvalue weighted by atomic mass is 10.1. The van der Waals surface area contributed by atoms with Crippen LogP contribution in [0, 0.1) is 5.92 Å². The molecule has 0 bridgehead atoms. The van der Waals surface area contributed by atoms with E-state index in [2.05, 4.69) is 36.3 Å². The Hall–Kier alpha value is -0.0400. The smallest absolute Gasteiger partial charge is 0.191 e. The molecule has 1 aliphatic carbocycles. The average molecular weight is 422 g/mol. The van der Waals surface area contributed by atoms with E-state index in [9.17, 15) is 0 Å². The maximum absolute atomic E-state index is 4.72. The summed E-state index contributed by atoms with van der Waals surface area (Å²) in [4.78, 5) is 7.41. The molecule has 1 atom stereocenters. The van der Waals surface area contributed by atoms with Crippen LogP contribution in [-0.4, -0.2) is 49.1 Å². The van der Waals surface area contributed by atoms with Crippen molar-refractivity contribution in [1.82, 2.24) is 15.5 Å². The van der Waals surface area contributed by atoms with Gasteiger partial charge >= 0.3 is 0 Å². The Labute approximate surface area is 153 Å². The zero-order valence-corrected chi connectivity index (χ0v) is 16.9. The minimum Gasteiger partial charge on any atom is -0.357 e. The standard InChI is InChI=1S/C17H34N4.HI/c1-4-18-17(19-11-9-14(2)3)20-15-10-12-21(13-15)16-7-5-6-8-16;/h14-16H,4-13H2,1-3H3,(H2,18,19,20);1H. The second-order valence-electron chi connectivity index (χ2n) is 7.01. The average Bonchev–Trinajstić information content (AvgIpc) is 3.08. The third-order valence-electron chi connectivity index (χ3n) is 4.72. The summed E-state index contributed by atoms with van der Waals surface area (Å²) in [7, 11) is 0. The fraction of sp³-hybridized carbons (Fsp3) is 0.941. The fourth-order valence-electron chi connectivity index (χ4n) is 3.45. The van der Waals surface area contributed by atoms with Crippen LogP contribution in [0.4, 0.5) is 0 Å². The first-order valence-electron chi connectivity index (χ1n) is 8.98. The predicted octanol–water partition coefficient (Wildman–Crippen LogP) is 3.22. The molecule has 2 rings (SSSR count). The molecule has 2 aliphatic rings. The maximum Gasteiger partial charge on any atom is 0.191 e. The minimum absolute atomic E-state index is 0. The van der Waals surface area contributed by atoms with Crippen molar-refractivity contribution in [1.29, 1.82) is 0 Å². The molecule has 1 heterocycles. The van der Waals surface area contributed by atoms with Crippen molar-refractivity contribution in [2.75, 3.05) is 26.2 Å². The molecule has 1 saturated heterocycles. The normalized spacial score (nSPS) is 23.8. The van der Waals surface area contributed by atoms with Crippen LogP contribution in [0.3, 0.4) is 0 Å². The first-order chi connectivity index (χ1) is 10.2. The molecule has 2 fully saturated rings. The van der Waals surface area contributed by atoms with Gasteiger partial charge in [0.15, 0.2) is 5.96 Å². The molecule has 130 valence electrons. The zero-order valence-electron chi connectivity index (χ0n) is 14.6. The molecular weight excluding hydrogens is 387 g/mol. The van der Waals surface area contributed by atoms with Crippen molar-refractivity contribution in [2.45, 2.75) is 71.4 Å². The number of guanidine groups is 1. The summed E-state index contributed by atoms with van der Waals surface area (Å²) in [6, 6.07) is 1.43. The van der Waals surface area contributed by atoms with Crippen LogP contribution in [0.1, 0.15) is 59.3 Å². The molecule has 1 saturated carbocycles. The van der Waals surface area contributed by atoms with Gasteiger partial charge in [0.05, 0.1) is 0 Å². The molecule has 1 unspecified atom stereocenters. The largest absolute Gasteiger partial charge is 0.357 e. The Balaban J connectivity index is 0.00000242. The highest BCUT2D eigenvalue weighted by molar-refractivity contribution is 14.0. The van der Waals surface area contributed by atoms with Crippen LogP contribution in [0.2, 0.25) is 0 Å². The zero-order chi connectivity index (χ0) is 15.1. The molecule has 1 aliphatic heterocycles. The molecule has 22 heavy (non-hydrogen) atoms. The van der Waals surface area contributed by atoms with Crippen molar-refractivity contribution < 1.29 is 0 Å². The second-order valence-corrected chi connectivity index (χ2v) is 7.01. The monoisotopic (exact) mass is 422 g/mol. The lowest BCUT2D eigenvalue weighted by Gasteiger charge is -2.24. The lowest BCUT2D eigenvalue weighted by Crippen LogP contribution is -2.45. The van der Waals surface area contributed by atoms with E-state index >= 15 is 0 Å². The highest BCUT2D eigenvalue weighted by Crippen LogP contribution is 2.26. The van der Waals surface area contributed by atoms with Crippen LogP contribution in [0.5, 0.6) is 0 Å². The number of nitrogens with zero attached hydrogens (tertiary/aromatic N) is 2. The predicted molar refractivity (Wildman–Crippen MR) is 106 cm³/mol. The number of likely N-dealkylation sites (tertiary alicyclic amines) is 1. The molecule has 0 aromatic rings. The van der Waals surface area contributed by atoms with Crippen LogP contribution in [0.15, 0.2) is 4.99 Å². The van der Waals surface area contributed by atoms with Gasteiger partial charge in [0.2, 0.25) is 0 Å². The van der Waals surface area contributed by atoms with E-state index in [4.69, 9.17) is 4.99 Å². The number of rotatable bonds is 6. The topological polar surface area (TPSA) is 39.7 Å². The summed E-state index contributed by atoms with van der Waals surface area (Å²) < 4.78 is 0. The Bertz CT molecular complexity index is 327. The van der Waals surface area contributed by atoms with Crippen LogP contribution >= 0.6 is 24.0 Å². The van der Waals surface area contributed by atoms with E-state index in [1.54, 1.807) is 0 Å². The molecule has 4 nitrogen and oxygen atoms in total. The van der Waals surface area contributed by atoms with Crippen molar-refractivity contribution in [3.05, 3.63) is 0 Å². The highest BCUT2D eigenvalue weighted by atomic mass is 127. The van der Waals surface area contributed by atoms with Crippen LogP contribution < -0.4 is 10.6 Å². The van der Waals surface area contributed by atoms with Gasteiger partial charge in [-0.25, -0.2) is 0 Å². The van der Waals surface area contributed by atoms with E-state index in [-0.39, 0.29) is 24.0 Å².